The van der Waals surface area contributed by atoms with Gasteiger partial charge in [0.2, 0.25) is 0 Å². The van der Waals surface area contributed by atoms with Gasteiger partial charge in [-0.15, -0.1) is 0 Å². The van der Waals surface area contributed by atoms with Gasteiger partial charge in [0.25, 0.3) is 6.43 Å². The van der Waals surface area contributed by atoms with Crippen molar-refractivity contribution in [3.05, 3.63) is 0 Å². The number of hydrogen-bond acceptors (Lipinski definition) is 1. The first-order valence-electron chi connectivity index (χ1n) is 2.70. The second kappa shape index (κ2) is 3.78. The fraction of sp³-hybridized carbons (Fsp3) is 1.00. The Morgan fingerprint density at radius 2 is 2.00 bits per heavy atom. The molecule has 0 aliphatic rings. The van der Waals surface area contributed by atoms with Crippen LogP contribution >= 0.6 is 0 Å². The van der Waals surface area contributed by atoms with Crippen molar-refractivity contribution in [1.82, 2.24) is 5.32 Å². The lowest BCUT2D eigenvalue weighted by Gasteiger charge is -2.08. The van der Waals surface area contributed by atoms with Gasteiger partial charge in [-0.05, 0) is 13.5 Å². The molecular weight excluding hydrogens is 112 g/mol. The highest BCUT2D eigenvalue weighted by molar-refractivity contribution is 4.59. The van der Waals surface area contributed by atoms with Crippen molar-refractivity contribution in [2.24, 2.45) is 0 Å². The van der Waals surface area contributed by atoms with Crippen LogP contribution in [-0.4, -0.2) is 19.0 Å². The van der Waals surface area contributed by atoms with Crippen molar-refractivity contribution >= 4 is 0 Å². The molecule has 3 heteroatoms. The van der Waals surface area contributed by atoms with Crippen LogP contribution in [0.1, 0.15) is 13.8 Å². The fourth-order valence-electron chi connectivity index (χ4n) is 0.411. The van der Waals surface area contributed by atoms with Crippen LogP contribution in [-0.2, 0) is 0 Å². The van der Waals surface area contributed by atoms with E-state index in [1.165, 1.54) is 6.92 Å². The minimum absolute atomic E-state index is 0.603. The van der Waals surface area contributed by atoms with Gasteiger partial charge in [-0.25, -0.2) is 8.78 Å². The minimum atomic E-state index is -2.24. The Labute approximate surface area is 48.1 Å². The van der Waals surface area contributed by atoms with Crippen LogP contribution in [0.3, 0.4) is 0 Å². The number of halogens is 2. The van der Waals surface area contributed by atoms with Gasteiger partial charge in [0.15, 0.2) is 0 Å². The Bertz CT molecular complexity index is 56.4. The van der Waals surface area contributed by atoms with Crippen LogP contribution < -0.4 is 5.32 Å². The average Bonchev–Trinajstić information content (AvgIpc) is 1.67. The summed E-state index contributed by atoms with van der Waals surface area (Å²) in [6.07, 6.45) is -2.24. The lowest BCUT2D eigenvalue weighted by Crippen LogP contribution is -2.32. The number of hydrogen-bond donors (Lipinski definition) is 1. The topological polar surface area (TPSA) is 12.0 Å². The molecular formula is C5H11F2N. The maximum Gasteiger partial charge on any atom is 0.253 e. The molecule has 0 aliphatic heterocycles. The zero-order valence-corrected chi connectivity index (χ0v) is 5.12. The highest BCUT2D eigenvalue weighted by atomic mass is 19.3. The second-order valence-corrected chi connectivity index (χ2v) is 1.68. The standard InChI is InChI=1S/C5H11F2N/c1-3-8-4(2)5(6)7/h4-5,8H,3H2,1-2H3. The summed E-state index contributed by atoms with van der Waals surface area (Å²) in [6.45, 7) is 3.87. The Morgan fingerprint density at radius 3 is 2.12 bits per heavy atom. The third kappa shape index (κ3) is 2.91. The van der Waals surface area contributed by atoms with E-state index >= 15 is 0 Å². The number of alkyl halides is 2. The Hall–Kier alpha value is -0.180. The molecule has 8 heavy (non-hydrogen) atoms. The second-order valence-electron chi connectivity index (χ2n) is 1.68. The van der Waals surface area contributed by atoms with E-state index in [9.17, 15) is 8.78 Å². The Morgan fingerprint density at radius 1 is 1.50 bits per heavy atom. The monoisotopic (exact) mass is 123 g/mol. The smallest absolute Gasteiger partial charge is 0.253 e. The summed E-state index contributed by atoms with van der Waals surface area (Å²) in [5.74, 6) is 0. The summed E-state index contributed by atoms with van der Waals surface area (Å²) in [5, 5.41) is 2.59. The van der Waals surface area contributed by atoms with Gasteiger partial charge in [0.05, 0.1) is 6.04 Å². The molecule has 0 heterocycles. The summed E-state index contributed by atoms with van der Waals surface area (Å²) in [6, 6.07) is -0.667. The van der Waals surface area contributed by atoms with Crippen molar-refractivity contribution < 1.29 is 8.78 Å². The minimum Gasteiger partial charge on any atom is -0.309 e. The van der Waals surface area contributed by atoms with Crippen LogP contribution in [0.4, 0.5) is 8.78 Å². The van der Waals surface area contributed by atoms with E-state index < -0.39 is 12.5 Å². The van der Waals surface area contributed by atoms with E-state index in [-0.39, 0.29) is 0 Å². The van der Waals surface area contributed by atoms with Crippen molar-refractivity contribution in [1.29, 1.82) is 0 Å². The maximum atomic E-state index is 11.6. The molecule has 0 spiro atoms. The molecule has 0 saturated carbocycles. The first-order valence-corrected chi connectivity index (χ1v) is 2.70. The molecule has 0 aromatic carbocycles. The van der Waals surface area contributed by atoms with Gasteiger partial charge in [-0.1, -0.05) is 6.92 Å². The summed E-state index contributed by atoms with van der Waals surface area (Å²) in [7, 11) is 0. The summed E-state index contributed by atoms with van der Waals surface area (Å²) < 4.78 is 23.1. The van der Waals surface area contributed by atoms with Gasteiger partial charge in [-0.2, -0.15) is 0 Å². The Kier molecular flexibility index (Phi) is 3.69. The molecule has 0 amide bonds. The van der Waals surface area contributed by atoms with Gasteiger partial charge in [0, 0.05) is 0 Å². The van der Waals surface area contributed by atoms with E-state index in [2.05, 4.69) is 5.32 Å². The van der Waals surface area contributed by atoms with Gasteiger partial charge in [-0.3, -0.25) is 0 Å². The van der Waals surface area contributed by atoms with Crippen LogP contribution in [0, 0.1) is 0 Å². The lowest BCUT2D eigenvalue weighted by molar-refractivity contribution is 0.107. The SMILES string of the molecule is CCNC(C)C(F)F. The van der Waals surface area contributed by atoms with E-state index in [0.29, 0.717) is 6.54 Å². The normalized spacial score (nSPS) is 14.6. The fourth-order valence-corrected chi connectivity index (χ4v) is 0.411. The summed E-state index contributed by atoms with van der Waals surface area (Å²) in [4.78, 5) is 0. The zero-order chi connectivity index (χ0) is 6.57. The largest absolute Gasteiger partial charge is 0.309 e. The molecule has 0 saturated heterocycles. The van der Waals surface area contributed by atoms with Crippen molar-refractivity contribution in [2.45, 2.75) is 26.3 Å². The van der Waals surface area contributed by atoms with Gasteiger partial charge < -0.3 is 5.32 Å². The van der Waals surface area contributed by atoms with Gasteiger partial charge in [0.1, 0.15) is 0 Å². The Balaban J connectivity index is 3.17. The molecule has 0 aromatic heterocycles. The maximum absolute atomic E-state index is 11.6. The number of rotatable bonds is 3. The van der Waals surface area contributed by atoms with Gasteiger partial charge >= 0.3 is 0 Å². The van der Waals surface area contributed by atoms with E-state index in [1.807, 2.05) is 0 Å². The zero-order valence-electron chi connectivity index (χ0n) is 5.12. The third-order valence-electron chi connectivity index (χ3n) is 0.904. The predicted octanol–water partition coefficient (Wildman–Crippen LogP) is 1.25. The molecule has 0 bridgehead atoms. The molecule has 1 unspecified atom stereocenters. The quantitative estimate of drug-likeness (QED) is 0.595. The molecule has 0 aromatic rings. The first kappa shape index (κ1) is 7.82. The molecule has 0 aliphatic carbocycles. The van der Waals surface area contributed by atoms with E-state index in [4.69, 9.17) is 0 Å². The first-order chi connectivity index (χ1) is 3.68. The average molecular weight is 123 g/mol. The van der Waals surface area contributed by atoms with Crippen molar-refractivity contribution in [2.75, 3.05) is 6.54 Å². The summed E-state index contributed by atoms with van der Waals surface area (Å²) in [5.41, 5.74) is 0. The molecule has 1 atom stereocenters. The van der Waals surface area contributed by atoms with E-state index in [1.54, 1.807) is 6.92 Å². The van der Waals surface area contributed by atoms with Crippen LogP contribution in [0.2, 0.25) is 0 Å². The molecule has 1 nitrogen and oxygen atoms in total. The molecule has 0 radical (unpaired) electrons. The lowest BCUT2D eigenvalue weighted by atomic mass is 10.3. The summed E-state index contributed by atoms with van der Waals surface area (Å²) >= 11 is 0. The van der Waals surface area contributed by atoms with Crippen molar-refractivity contribution in [3.63, 3.8) is 0 Å². The molecule has 0 rings (SSSR count). The van der Waals surface area contributed by atoms with Crippen LogP contribution in [0.15, 0.2) is 0 Å². The van der Waals surface area contributed by atoms with Crippen LogP contribution in [0.25, 0.3) is 0 Å². The number of nitrogens with one attached hydrogen (secondary N) is 1. The molecule has 0 fully saturated rings. The molecule has 1 N–H and O–H groups in total. The van der Waals surface area contributed by atoms with Crippen molar-refractivity contribution in [3.8, 4) is 0 Å². The predicted molar refractivity (Wildman–Crippen MR) is 29.1 cm³/mol. The van der Waals surface area contributed by atoms with E-state index in [0.717, 1.165) is 0 Å². The highest BCUT2D eigenvalue weighted by Crippen LogP contribution is 1.97. The molecule has 50 valence electrons. The highest BCUT2D eigenvalue weighted by Gasteiger charge is 2.11. The van der Waals surface area contributed by atoms with Crippen LogP contribution in [0.5, 0.6) is 0 Å². The third-order valence-corrected chi connectivity index (χ3v) is 0.904.